The van der Waals surface area contributed by atoms with Crippen LogP contribution in [0.3, 0.4) is 0 Å². The number of hydrogen-bond donors (Lipinski definition) is 0. The minimum Gasteiger partial charge on any atom is -0.489 e. The van der Waals surface area contributed by atoms with E-state index in [1.807, 2.05) is 0 Å². The van der Waals surface area contributed by atoms with Crippen molar-refractivity contribution < 1.29 is 17.9 Å². The predicted octanol–water partition coefficient (Wildman–Crippen LogP) is 4.83. The molecule has 0 aromatic heterocycles. The predicted molar refractivity (Wildman–Crippen MR) is 99.5 cm³/mol. The average Bonchev–Trinajstić information content (AvgIpc) is 2.80. The number of ether oxygens (including phenoxy) is 2. The zero-order valence-corrected chi connectivity index (χ0v) is 16.0. The van der Waals surface area contributed by atoms with Gasteiger partial charge in [0, 0.05) is 11.4 Å². The van der Waals surface area contributed by atoms with Gasteiger partial charge in [0.25, 0.3) is 0 Å². The molecule has 4 nitrogen and oxygen atoms in total. The van der Waals surface area contributed by atoms with Gasteiger partial charge in [-0.15, -0.1) is 0 Å². The van der Waals surface area contributed by atoms with Crippen LogP contribution in [0.5, 0.6) is 11.5 Å². The maximum atomic E-state index is 12.8. The molecular formula is C18H18Cl2O4S. The maximum Gasteiger partial charge on any atom is 0.179 e. The Labute approximate surface area is 157 Å². The van der Waals surface area contributed by atoms with Crippen LogP contribution in [0.15, 0.2) is 36.4 Å². The first-order chi connectivity index (χ1) is 11.9. The first kappa shape index (κ1) is 18.4. The van der Waals surface area contributed by atoms with Gasteiger partial charge in [-0.1, -0.05) is 41.4 Å². The summed E-state index contributed by atoms with van der Waals surface area (Å²) in [5.41, 5.74) is 1.15. The highest BCUT2D eigenvalue weighted by atomic mass is 35.5. The Morgan fingerprint density at radius 1 is 1.08 bits per heavy atom. The molecule has 0 saturated carbocycles. The summed E-state index contributed by atoms with van der Waals surface area (Å²) >= 11 is 12.4. The molecule has 2 aromatic carbocycles. The molecular weight excluding hydrogens is 383 g/mol. The molecule has 2 aromatic rings. The Kier molecular flexibility index (Phi) is 5.46. The Bertz CT molecular complexity index is 881. The molecule has 1 unspecified atom stereocenters. The molecule has 0 fully saturated rings. The number of sulfone groups is 1. The minimum atomic E-state index is -3.48. The van der Waals surface area contributed by atoms with Gasteiger partial charge in [0.15, 0.2) is 21.3 Å². The first-order valence-electron chi connectivity index (χ1n) is 7.92. The van der Waals surface area contributed by atoms with Gasteiger partial charge in [-0.3, -0.25) is 0 Å². The fourth-order valence-electron chi connectivity index (χ4n) is 2.72. The zero-order chi connectivity index (χ0) is 18.0. The molecule has 0 aliphatic carbocycles. The van der Waals surface area contributed by atoms with E-state index in [2.05, 4.69) is 0 Å². The molecule has 1 atom stereocenters. The maximum absolute atomic E-state index is 12.8. The summed E-state index contributed by atoms with van der Waals surface area (Å²) in [7, 11) is -3.48. The molecule has 1 aliphatic rings. The van der Waals surface area contributed by atoms with Crippen molar-refractivity contribution in [3.63, 3.8) is 0 Å². The second-order valence-corrected chi connectivity index (χ2v) is 9.06. The van der Waals surface area contributed by atoms with Crippen LogP contribution >= 0.6 is 23.2 Å². The third kappa shape index (κ3) is 4.05. The van der Waals surface area contributed by atoms with Gasteiger partial charge in [-0.2, -0.15) is 0 Å². The second kappa shape index (κ2) is 7.44. The van der Waals surface area contributed by atoms with Crippen LogP contribution in [-0.4, -0.2) is 21.6 Å². The van der Waals surface area contributed by atoms with Crippen LogP contribution in [-0.2, 0) is 15.6 Å². The van der Waals surface area contributed by atoms with Gasteiger partial charge in [-0.05, 0) is 36.2 Å². The van der Waals surface area contributed by atoms with Crippen molar-refractivity contribution in [2.45, 2.75) is 24.3 Å². The number of benzene rings is 2. The lowest BCUT2D eigenvalue weighted by Gasteiger charge is -2.16. The lowest BCUT2D eigenvalue weighted by atomic mass is 10.2. The summed E-state index contributed by atoms with van der Waals surface area (Å²) in [6.45, 7) is 2.67. The van der Waals surface area contributed by atoms with E-state index < -0.39 is 15.1 Å². The van der Waals surface area contributed by atoms with Crippen LogP contribution in [0.4, 0.5) is 0 Å². The molecule has 0 bridgehead atoms. The molecule has 134 valence electrons. The lowest BCUT2D eigenvalue weighted by Crippen LogP contribution is -2.13. The van der Waals surface area contributed by atoms with Crippen LogP contribution in [0.25, 0.3) is 0 Å². The van der Waals surface area contributed by atoms with Gasteiger partial charge in [-0.25, -0.2) is 8.42 Å². The molecule has 1 aliphatic heterocycles. The standard InChI is InChI=1S/C18H18Cl2O4S/c1-12(14-5-2-3-6-15(14)19)25(21,22)11-13-9-16(20)18-17(10-13)23-7-4-8-24-18/h2-3,5-6,9-10,12H,4,7-8,11H2,1H3. The molecule has 0 radical (unpaired) electrons. The van der Waals surface area contributed by atoms with Crippen molar-refractivity contribution in [2.24, 2.45) is 0 Å². The van der Waals surface area contributed by atoms with Crippen LogP contribution in [0, 0.1) is 0 Å². The lowest BCUT2D eigenvalue weighted by molar-refractivity contribution is 0.297. The van der Waals surface area contributed by atoms with E-state index in [0.29, 0.717) is 45.9 Å². The molecule has 25 heavy (non-hydrogen) atoms. The zero-order valence-electron chi connectivity index (χ0n) is 13.7. The van der Waals surface area contributed by atoms with Crippen molar-refractivity contribution in [1.29, 1.82) is 0 Å². The number of hydrogen-bond acceptors (Lipinski definition) is 4. The van der Waals surface area contributed by atoms with Gasteiger partial charge >= 0.3 is 0 Å². The third-order valence-electron chi connectivity index (χ3n) is 4.11. The molecule has 7 heteroatoms. The molecule has 1 heterocycles. The van der Waals surface area contributed by atoms with Crippen LogP contribution in [0.2, 0.25) is 10.0 Å². The fraction of sp³-hybridized carbons (Fsp3) is 0.333. The topological polar surface area (TPSA) is 52.6 Å². The summed E-state index contributed by atoms with van der Waals surface area (Å²) in [4.78, 5) is 0. The van der Waals surface area contributed by atoms with Crippen molar-refractivity contribution >= 4 is 33.0 Å². The van der Waals surface area contributed by atoms with E-state index in [1.54, 1.807) is 43.3 Å². The minimum absolute atomic E-state index is 0.157. The Morgan fingerprint density at radius 2 is 1.80 bits per heavy atom. The van der Waals surface area contributed by atoms with E-state index >= 15 is 0 Å². The van der Waals surface area contributed by atoms with Gasteiger partial charge in [0.05, 0.1) is 29.2 Å². The van der Waals surface area contributed by atoms with Gasteiger partial charge < -0.3 is 9.47 Å². The summed E-state index contributed by atoms with van der Waals surface area (Å²) in [6, 6.07) is 10.3. The van der Waals surface area contributed by atoms with Crippen molar-refractivity contribution in [2.75, 3.05) is 13.2 Å². The third-order valence-corrected chi connectivity index (χ3v) is 6.80. The van der Waals surface area contributed by atoms with Gasteiger partial charge in [0.1, 0.15) is 0 Å². The summed E-state index contributed by atoms with van der Waals surface area (Å²) < 4.78 is 36.8. The average molecular weight is 401 g/mol. The number of rotatable bonds is 4. The van der Waals surface area contributed by atoms with E-state index in [1.165, 1.54) is 0 Å². The number of fused-ring (bicyclic) bond motifs is 1. The molecule has 3 rings (SSSR count). The largest absolute Gasteiger partial charge is 0.489 e. The Balaban J connectivity index is 1.90. The molecule has 0 saturated heterocycles. The fourth-order valence-corrected chi connectivity index (χ4v) is 4.85. The highest BCUT2D eigenvalue weighted by Gasteiger charge is 2.26. The smallest absolute Gasteiger partial charge is 0.179 e. The van der Waals surface area contributed by atoms with E-state index in [9.17, 15) is 8.42 Å². The van der Waals surface area contributed by atoms with Crippen molar-refractivity contribution in [1.82, 2.24) is 0 Å². The highest BCUT2D eigenvalue weighted by Crippen LogP contribution is 2.39. The SMILES string of the molecule is CC(c1ccccc1Cl)S(=O)(=O)Cc1cc(Cl)c2c(c1)OCCCO2. The normalized spacial score (nSPS) is 15.5. The quantitative estimate of drug-likeness (QED) is 0.737. The van der Waals surface area contributed by atoms with Crippen molar-refractivity contribution in [3.05, 3.63) is 57.6 Å². The summed E-state index contributed by atoms with van der Waals surface area (Å²) in [6.07, 6.45) is 0.752. The molecule has 0 spiro atoms. The molecule has 0 N–H and O–H groups in total. The molecule has 0 amide bonds. The van der Waals surface area contributed by atoms with E-state index in [4.69, 9.17) is 32.7 Å². The second-order valence-electron chi connectivity index (χ2n) is 5.93. The highest BCUT2D eigenvalue weighted by molar-refractivity contribution is 7.90. The Morgan fingerprint density at radius 3 is 2.56 bits per heavy atom. The monoisotopic (exact) mass is 400 g/mol. The Hall–Kier alpha value is -1.43. The summed E-state index contributed by atoms with van der Waals surface area (Å²) in [5.74, 6) is 0.801. The van der Waals surface area contributed by atoms with Crippen molar-refractivity contribution in [3.8, 4) is 11.5 Å². The van der Waals surface area contributed by atoms with E-state index in [-0.39, 0.29) is 5.75 Å². The van der Waals surface area contributed by atoms with Crippen LogP contribution in [0.1, 0.15) is 29.7 Å². The first-order valence-corrected chi connectivity index (χ1v) is 10.4. The van der Waals surface area contributed by atoms with Gasteiger partial charge in [0.2, 0.25) is 0 Å². The summed E-state index contributed by atoms with van der Waals surface area (Å²) in [5, 5.41) is 0.0706. The van der Waals surface area contributed by atoms with Crippen LogP contribution < -0.4 is 9.47 Å². The number of halogens is 2. The van der Waals surface area contributed by atoms with E-state index in [0.717, 1.165) is 6.42 Å².